The van der Waals surface area contributed by atoms with Crippen molar-refractivity contribution in [3.63, 3.8) is 0 Å². The normalized spacial score (nSPS) is 10.6. The molecule has 0 spiro atoms. The van der Waals surface area contributed by atoms with Crippen molar-refractivity contribution in [1.82, 2.24) is 5.32 Å². The molecule has 1 aromatic carbocycles. The van der Waals surface area contributed by atoms with Crippen LogP contribution < -0.4 is 5.32 Å². The Morgan fingerprint density at radius 2 is 2.17 bits per heavy atom. The van der Waals surface area contributed by atoms with Gasteiger partial charge >= 0.3 is 0 Å². The molecular formula is C15H16ClNO. The lowest BCUT2D eigenvalue weighted by molar-refractivity contribution is 0.501. The summed E-state index contributed by atoms with van der Waals surface area (Å²) in [6.07, 6.45) is 1.82. The summed E-state index contributed by atoms with van der Waals surface area (Å²) in [6.45, 7) is 7.17. The van der Waals surface area contributed by atoms with Crippen LogP contribution in [0.25, 0.3) is 11.3 Å². The largest absolute Gasteiger partial charge is 0.460 e. The molecule has 1 aromatic heterocycles. The molecule has 18 heavy (non-hydrogen) atoms. The standard InChI is InChI=1S/C15H16ClNO/c1-3-8-17-10-13-6-7-15(18-13)14-9-12(16)5-4-11(14)2/h3-7,9,17H,1,8,10H2,2H3. The minimum atomic E-state index is 0.700. The van der Waals surface area contributed by atoms with Crippen molar-refractivity contribution < 1.29 is 4.42 Å². The summed E-state index contributed by atoms with van der Waals surface area (Å²) in [5.41, 5.74) is 2.19. The highest BCUT2D eigenvalue weighted by Gasteiger charge is 2.07. The van der Waals surface area contributed by atoms with Crippen molar-refractivity contribution in [2.24, 2.45) is 0 Å². The van der Waals surface area contributed by atoms with Gasteiger partial charge in [0, 0.05) is 17.1 Å². The fraction of sp³-hybridized carbons (Fsp3) is 0.200. The van der Waals surface area contributed by atoms with Gasteiger partial charge < -0.3 is 9.73 Å². The van der Waals surface area contributed by atoms with Crippen molar-refractivity contribution >= 4 is 11.6 Å². The van der Waals surface area contributed by atoms with Crippen LogP contribution in [0.1, 0.15) is 11.3 Å². The average molecular weight is 262 g/mol. The number of hydrogen-bond donors (Lipinski definition) is 1. The molecule has 0 aliphatic carbocycles. The zero-order valence-corrected chi connectivity index (χ0v) is 11.1. The quantitative estimate of drug-likeness (QED) is 0.645. The Morgan fingerprint density at radius 3 is 2.94 bits per heavy atom. The first-order valence-corrected chi connectivity index (χ1v) is 6.25. The van der Waals surface area contributed by atoms with Gasteiger partial charge in [-0.05, 0) is 36.8 Å². The van der Waals surface area contributed by atoms with Crippen LogP contribution in [-0.4, -0.2) is 6.54 Å². The smallest absolute Gasteiger partial charge is 0.134 e. The molecule has 0 amide bonds. The van der Waals surface area contributed by atoms with Gasteiger partial charge in [-0.25, -0.2) is 0 Å². The summed E-state index contributed by atoms with van der Waals surface area (Å²) in [7, 11) is 0. The fourth-order valence-corrected chi connectivity index (χ4v) is 1.95. The first-order chi connectivity index (χ1) is 8.70. The average Bonchev–Trinajstić information content (AvgIpc) is 2.81. The zero-order chi connectivity index (χ0) is 13.0. The third-order valence-electron chi connectivity index (χ3n) is 2.71. The van der Waals surface area contributed by atoms with E-state index in [4.69, 9.17) is 16.0 Å². The lowest BCUT2D eigenvalue weighted by atomic mass is 10.1. The van der Waals surface area contributed by atoms with E-state index < -0.39 is 0 Å². The highest BCUT2D eigenvalue weighted by molar-refractivity contribution is 6.30. The first kappa shape index (κ1) is 12.9. The van der Waals surface area contributed by atoms with Crippen LogP contribution in [0.4, 0.5) is 0 Å². The van der Waals surface area contributed by atoms with Gasteiger partial charge in [-0.1, -0.05) is 23.7 Å². The summed E-state index contributed by atoms with van der Waals surface area (Å²) in [6, 6.07) is 9.76. The van der Waals surface area contributed by atoms with Crippen LogP contribution in [-0.2, 0) is 6.54 Å². The molecule has 0 aliphatic rings. The first-order valence-electron chi connectivity index (χ1n) is 5.87. The molecule has 2 nitrogen and oxygen atoms in total. The summed E-state index contributed by atoms with van der Waals surface area (Å²) < 4.78 is 5.80. The Kier molecular flexibility index (Phi) is 4.24. The van der Waals surface area contributed by atoms with Gasteiger partial charge in [0.15, 0.2) is 0 Å². The molecule has 0 bridgehead atoms. The summed E-state index contributed by atoms with van der Waals surface area (Å²) >= 11 is 6.01. The SMILES string of the molecule is C=CCNCc1ccc(-c2cc(Cl)ccc2C)o1. The van der Waals surface area contributed by atoms with Crippen molar-refractivity contribution in [1.29, 1.82) is 0 Å². The predicted molar refractivity (Wildman–Crippen MR) is 75.8 cm³/mol. The maximum atomic E-state index is 6.01. The molecule has 3 heteroatoms. The van der Waals surface area contributed by atoms with E-state index in [1.165, 1.54) is 0 Å². The third kappa shape index (κ3) is 3.03. The molecular weight excluding hydrogens is 246 g/mol. The van der Waals surface area contributed by atoms with E-state index in [0.29, 0.717) is 6.54 Å². The van der Waals surface area contributed by atoms with Crippen LogP contribution in [0.15, 0.2) is 47.4 Å². The second-order valence-electron chi connectivity index (χ2n) is 4.14. The molecule has 0 saturated carbocycles. The summed E-state index contributed by atoms with van der Waals surface area (Å²) in [4.78, 5) is 0. The molecule has 0 unspecified atom stereocenters. The van der Waals surface area contributed by atoms with Gasteiger partial charge in [-0.15, -0.1) is 6.58 Å². The molecule has 0 saturated heterocycles. The molecule has 1 N–H and O–H groups in total. The van der Waals surface area contributed by atoms with Gasteiger partial charge in [0.2, 0.25) is 0 Å². The molecule has 0 aliphatic heterocycles. The minimum Gasteiger partial charge on any atom is -0.460 e. The van der Waals surface area contributed by atoms with E-state index in [1.54, 1.807) is 0 Å². The van der Waals surface area contributed by atoms with E-state index in [-0.39, 0.29) is 0 Å². The monoisotopic (exact) mass is 261 g/mol. The van der Waals surface area contributed by atoms with Crippen molar-refractivity contribution in [3.05, 3.63) is 59.3 Å². The van der Waals surface area contributed by atoms with E-state index >= 15 is 0 Å². The number of furan rings is 1. The molecule has 0 fully saturated rings. The number of halogens is 1. The second-order valence-corrected chi connectivity index (χ2v) is 4.58. The molecule has 0 atom stereocenters. The predicted octanol–water partition coefficient (Wildman–Crippen LogP) is 4.18. The maximum absolute atomic E-state index is 6.01. The molecule has 2 aromatic rings. The topological polar surface area (TPSA) is 25.2 Å². The van der Waals surface area contributed by atoms with E-state index in [1.807, 2.05) is 43.3 Å². The van der Waals surface area contributed by atoms with Crippen molar-refractivity contribution in [2.45, 2.75) is 13.5 Å². The lowest BCUT2D eigenvalue weighted by Crippen LogP contribution is -2.11. The van der Waals surface area contributed by atoms with Crippen molar-refractivity contribution in [2.75, 3.05) is 6.54 Å². The Morgan fingerprint density at radius 1 is 1.33 bits per heavy atom. The number of nitrogens with one attached hydrogen (secondary N) is 1. The third-order valence-corrected chi connectivity index (χ3v) is 2.95. The van der Waals surface area contributed by atoms with Crippen molar-refractivity contribution in [3.8, 4) is 11.3 Å². The number of hydrogen-bond acceptors (Lipinski definition) is 2. The van der Waals surface area contributed by atoms with E-state index in [0.717, 1.165) is 34.2 Å². The highest BCUT2D eigenvalue weighted by Crippen LogP contribution is 2.28. The Bertz CT molecular complexity index is 545. The Hall–Kier alpha value is -1.51. The minimum absolute atomic E-state index is 0.700. The number of aryl methyl sites for hydroxylation is 1. The maximum Gasteiger partial charge on any atom is 0.134 e. The fourth-order valence-electron chi connectivity index (χ4n) is 1.77. The summed E-state index contributed by atoms with van der Waals surface area (Å²) in [5.74, 6) is 1.76. The second kappa shape index (κ2) is 5.89. The van der Waals surface area contributed by atoms with Crippen LogP contribution in [0.5, 0.6) is 0 Å². The van der Waals surface area contributed by atoms with Crippen LogP contribution in [0.3, 0.4) is 0 Å². The molecule has 0 radical (unpaired) electrons. The zero-order valence-electron chi connectivity index (χ0n) is 10.4. The number of rotatable bonds is 5. The van der Waals surface area contributed by atoms with Gasteiger partial charge in [0.05, 0.1) is 6.54 Å². The van der Waals surface area contributed by atoms with Crippen LogP contribution in [0, 0.1) is 6.92 Å². The van der Waals surface area contributed by atoms with Gasteiger partial charge in [0.25, 0.3) is 0 Å². The van der Waals surface area contributed by atoms with E-state index in [9.17, 15) is 0 Å². The molecule has 94 valence electrons. The molecule has 2 rings (SSSR count). The van der Waals surface area contributed by atoms with Crippen LogP contribution in [0.2, 0.25) is 5.02 Å². The highest BCUT2D eigenvalue weighted by atomic mass is 35.5. The molecule has 1 heterocycles. The van der Waals surface area contributed by atoms with E-state index in [2.05, 4.69) is 11.9 Å². The number of benzene rings is 1. The van der Waals surface area contributed by atoms with Gasteiger partial charge in [-0.3, -0.25) is 0 Å². The Labute approximate surface area is 112 Å². The van der Waals surface area contributed by atoms with Crippen LogP contribution >= 0.6 is 11.6 Å². The van der Waals surface area contributed by atoms with Gasteiger partial charge in [-0.2, -0.15) is 0 Å². The Balaban J connectivity index is 2.18. The van der Waals surface area contributed by atoms with Gasteiger partial charge in [0.1, 0.15) is 11.5 Å². The summed E-state index contributed by atoms with van der Waals surface area (Å²) in [5, 5.41) is 3.92. The lowest BCUT2D eigenvalue weighted by Gasteiger charge is -2.03.